The van der Waals surface area contributed by atoms with Crippen LogP contribution in [-0.4, -0.2) is 49.3 Å². The quantitative estimate of drug-likeness (QED) is 0.0358. The minimum Gasteiger partial charge on any atom is -0.462 e. The fourth-order valence-electron chi connectivity index (χ4n) is 6.29. The summed E-state index contributed by atoms with van der Waals surface area (Å²) in [5.74, 6) is -0.795. The lowest BCUT2D eigenvalue weighted by Crippen LogP contribution is -2.52. The van der Waals surface area contributed by atoms with E-state index in [9.17, 15) is 19.0 Å². The molecule has 0 aliphatic heterocycles. The van der Waals surface area contributed by atoms with Gasteiger partial charge in [0.15, 0.2) is 6.10 Å². The van der Waals surface area contributed by atoms with E-state index in [2.05, 4.69) is 19.6 Å². The van der Waals surface area contributed by atoms with Crippen LogP contribution < -0.4 is 5.73 Å². The van der Waals surface area contributed by atoms with Crippen LogP contribution in [0.5, 0.6) is 0 Å². The van der Waals surface area contributed by atoms with Crippen LogP contribution in [0.15, 0.2) is 0 Å². The smallest absolute Gasteiger partial charge is 0.462 e. The third-order valence-corrected chi connectivity index (χ3v) is 10.5. The monoisotopic (exact) mass is 749 g/mol. The Bertz CT molecular complexity index is 815. The van der Waals surface area contributed by atoms with E-state index in [4.69, 9.17) is 18.5 Å². The summed E-state index contributed by atoms with van der Waals surface area (Å²) in [4.78, 5) is 34.9. The highest BCUT2D eigenvalue weighted by atomic mass is 31.2. The van der Waals surface area contributed by atoms with Crippen LogP contribution in [0.2, 0.25) is 0 Å². The van der Waals surface area contributed by atoms with Crippen molar-refractivity contribution in [3.8, 4) is 0 Å². The normalized spacial score (nSPS) is 13.3. The number of phosphoric ester groups is 1. The Balaban J connectivity index is 4.11. The largest absolute Gasteiger partial charge is 0.472 e. The number of hydrogen-bond acceptors (Lipinski definition) is 7. The molecule has 10 heteroatoms. The standard InChI is InChI=1S/C41H82NO8P/c1-3-5-7-9-11-13-15-17-19-21-23-25-27-29-31-33-40(43)47-37-39(38-49-51(45,46)48-36-35-42)50-41(44)34-32-30-28-26-24-22-20-18-16-14-12-10-8-6-4-2/h39H,3-38,42H2,1-2H3,(H,45,46)/p+1/t39-/m1/s1. The van der Waals surface area contributed by atoms with Gasteiger partial charge in [0.2, 0.25) is 0 Å². The number of phosphoric acid groups is 1. The molecule has 0 amide bonds. The van der Waals surface area contributed by atoms with E-state index in [0.717, 1.165) is 32.1 Å². The van der Waals surface area contributed by atoms with Gasteiger partial charge in [-0.05, 0) is 12.8 Å². The lowest BCUT2D eigenvalue weighted by atomic mass is 10.0. The molecule has 0 bridgehead atoms. The first-order valence-electron chi connectivity index (χ1n) is 21.6. The van der Waals surface area contributed by atoms with Crippen molar-refractivity contribution in [2.45, 2.75) is 225 Å². The molecule has 1 unspecified atom stereocenters. The Labute approximate surface area is 314 Å². The van der Waals surface area contributed by atoms with Gasteiger partial charge in [-0.25, -0.2) is 4.57 Å². The zero-order chi connectivity index (χ0) is 37.5. The zero-order valence-corrected chi connectivity index (χ0v) is 34.4. The summed E-state index contributed by atoms with van der Waals surface area (Å²) in [5.41, 5.74) is 3.58. The average Bonchev–Trinajstić information content (AvgIpc) is 3.11. The van der Waals surface area contributed by atoms with Gasteiger partial charge in [-0.1, -0.05) is 194 Å². The van der Waals surface area contributed by atoms with E-state index >= 15 is 0 Å². The highest BCUT2D eigenvalue weighted by Crippen LogP contribution is 2.43. The Kier molecular flexibility index (Phi) is 38.0. The molecule has 0 spiro atoms. The first kappa shape index (κ1) is 50.0. The van der Waals surface area contributed by atoms with Gasteiger partial charge >= 0.3 is 19.8 Å². The molecule has 0 aromatic rings. The van der Waals surface area contributed by atoms with Gasteiger partial charge < -0.3 is 20.1 Å². The van der Waals surface area contributed by atoms with Crippen LogP contribution in [0.25, 0.3) is 0 Å². The fraction of sp³-hybridized carbons (Fsp3) is 0.951. The molecule has 304 valence electrons. The van der Waals surface area contributed by atoms with Crippen molar-refractivity contribution < 1.29 is 43.3 Å². The summed E-state index contributed by atoms with van der Waals surface area (Å²) >= 11 is 0. The molecule has 51 heavy (non-hydrogen) atoms. The summed E-state index contributed by atoms with van der Waals surface area (Å²) in [5, 5.41) is 0. The average molecular weight is 749 g/mol. The third kappa shape index (κ3) is 38.5. The summed E-state index contributed by atoms with van der Waals surface area (Å²) < 4.78 is 32.9. The molecular weight excluding hydrogens is 665 g/mol. The topological polar surface area (TPSA) is 136 Å². The van der Waals surface area contributed by atoms with E-state index in [1.165, 1.54) is 154 Å². The van der Waals surface area contributed by atoms with Crippen molar-refractivity contribution in [3.63, 3.8) is 0 Å². The van der Waals surface area contributed by atoms with E-state index in [1.807, 2.05) is 0 Å². The molecule has 0 saturated heterocycles. The van der Waals surface area contributed by atoms with E-state index < -0.39 is 26.5 Å². The second kappa shape index (κ2) is 38.7. The minimum atomic E-state index is -4.33. The minimum absolute atomic E-state index is 0.0360. The maximum absolute atomic E-state index is 12.6. The predicted molar refractivity (Wildman–Crippen MR) is 209 cm³/mol. The molecule has 0 aromatic heterocycles. The van der Waals surface area contributed by atoms with Crippen LogP contribution in [-0.2, 0) is 32.7 Å². The Morgan fingerprint density at radius 3 is 1.20 bits per heavy atom. The maximum atomic E-state index is 12.6. The molecule has 0 aliphatic rings. The number of carbonyl (C=O) groups is 2. The molecular formula is C41H83NO8P+. The summed E-state index contributed by atoms with van der Waals surface area (Å²) in [6.07, 6.45) is 37.1. The SMILES string of the molecule is CCCCCCCCCCCCCCCCCC(=O)OC[C@H](COP(=O)(O)OCC[NH3+])OC(=O)CCCCCCCCCCCCCCCCC. The molecule has 0 radical (unpaired) electrons. The highest BCUT2D eigenvalue weighted by molar-refractivity contribution is 7.47. The Hall–Kier alpha value is -0.990. The number of quaternary nitrogens is 1. The molecule has 0 heterocycles. The number of carbonyl (C=O) groups excluding carboxylic acids is 2. The van der Waals surface area contributed by atoms with Crippen molar-refractivity contribution in [1.82, 2.24) is 0 Å². The Morgan fingerprint density at radius 1 is 0.510 bits per heavy atom. The van der Waals surface area contributed by atoms with E-state index in [0.29, 0.717) is 19.4 Å². The number of rotatable bonds is 41. The van der Waals surface area contributed by atoms with Gasteiger partial charge in [0, 0.05) is 12.8 Å². The van der Waals surface area contributed by atoms with Crippen LogP contribution in [0.1, 0.15) is 219 Å². The molecule has 9 nitrogen and oxygen atoms in total. The molecule has 0 fully saturated rings. The number of unbranched alkanes of at least 4 members (excludes halogenated alkanes) is 28. The summed E-state index contributed by atoms with van der Waals surface area (Å²) in [6, 6.07) is 0. The second-order valence-electron chi connectivity index (χ2n) is 14.6. The van der Waals surface area contributed by atoms with Crippen molar-refractivity contribution in [1.29, 1.82) is 0 Å². The van der Waals surface area contributed by atoms with Crippen molar-refractivity contribution in [2.75, 3.05) is 26.4 Å². The van der Waals surface area contributed by atoms with E-state index in [1.54, 1.807) is 0 Å². The molecule has 2 atom stereocenters. The molecule has 0 rings (SSSR count). The van der Waals surface area contributed by atoms with Crippen LogP contribution in [0, 0.1) is 0 Å². The van der Waals surface area contributed by atoms with Crippen LogP contribution in [0.4, 0.5) is 0 Å². The molecule has 0 saturated carbocycles. The number of hydrogen-bond donors (Lipinski definition) is 2. The van der Waals surface area contributed by atoms with Crippen molar-refractivity contribution in [3.05, 3.63) is 0 Å². The van der Waals surface area contributed by atoms with E-state index in [-0.39, 0.29) is 25.6 Å². The van der Waals surface area contributed by atoms with Gasteiger partial charge in [-0.2, -0.15) is 0 Å². The van der Waals surface area contributed by atoms with Gasteiger partial charge in [0.25, 0.3) is 0 Å². The Morgan fingerprint density at radius 2 is 0.843 bits per heavy atom. The second-order valence-corrected chi connectivity index (χ2v) is 16.1. The first-order valence-corrected chi connectivity index (χ1v) is 23.1. The summed E-state index contributed by atoms with van der Waals surface area (Å²) in [7, 11) is -4.33. The molecule has 4 N–H and O–H groups in total. The molecule has 0 aliphatic carbocycles. The fourth-order valence-corrected chi connectivity index (χ4v) is 7.08. The van der Waals surface area contributed by atoms with Gasteiger partial charge in [-0.3, -0.25) is 18.6 Å². The maximum Gasteiger partial charge on any atom is 0.472 e. The zero-order valence-electron chi connectivity index (χ0n) is 33.5. The highest BCUT2D eigenvalue weighted by Gasteiger charge is 2.26. The van der Waals surface area contributed by atoms with Gasteiger partial charge in [-0.15, -0.1) is 0 Å². The van der Waals surface area contributed by atoms with Gasteiger partial charge in [0.1, 0.15) is 13.2 Å². The van der Waals surface area contributed by atoms with Crippen molar-refractivity contribution >= 4 is 19.8 Å². The molecule has 0 aromatic carbocycles. The number of ether oxygens (including phenoxy) is 2. The van der Waals surface area contributed by atoms with Crippen LogP contribution >= 0.6 is 7.82 Å². The lowest BCUT2D eigenvalue weighted by Gasteiger charge is -2.19. The van der Waals surface area contributed by atoms with Gasteiger partial charge in [0.05, 0.1) is 13.2 Å². The first-order chi connectivity index (χ1) is 24.8. The van der Waals surface area contributed by atoms with Crippen LogP contribution in [0.3, 0.4) is 0 Å². The number of esters is 2. The lowest BCUT2D eigenvalue weighted by molar-refractivity contribution is -0.371. The predicted octanol–water partition coefficient (Wildman–Crippen LogP) is 11.3. The third-order valence-electron chi connectivity index (χ3n) is 9.52. The van der Waals surface area contributed by atoms with Crippen molar-refractivity contribution in [2.24, 2.45) is 0 Å². The summed E-state index contributed by atoms with van der Waals surface area (Å²) in [6.45, 7) is 4.17.